The zero-order chi connectivity index (χ0) is 15.1. The highest BCUT2D eigenvalue weighted by molar-refractivity contribution is 5.94. The lowest BCUT2D eigenvalue weighted by molar-refractivity contribution is 0.0947. The smallest absolute Gasteiger partial charge is 0.251 e. The van der Waals surface area contributed by atoms with Crippen molar-refractivity contribution in [1.29, 1.82) is 0 Å². The fourth-order valence-corrected chi connectivity index (χ4v) is 1.89. The van der Waals surface area contributed by atoms with E-state index in [2.05, 4.69) is 12.2 Å². The zero-order valence-electron chi connectivity index (χ0n) is 11.9. The van der Waals surface area contributed by atoms with Crippen molar-refractivity contribution in [3.63, 3.8) is 0 Å². The number of carbonyl (C=O) groups excluding carboxylic acids is 1. The van der Waals surface area contributed by atoms with Gasteiger partial charge in [0.15, 0.2) is 0 Å². The molecule has 0 spiro atoms. The molecule has 3 nitrogen and oxygen atoms in total. The molecule has 2 aromatic rings. The molecule has 0 aliphatic rings. The van der Waals surface area contributed by atoms with E-state index in [4.69, 9.17) is 4.74 Å². The Morgan fingerprint density at radius 2 is 1.95 bits per heavy atom. The first-order valence-corrected chi connectivity index (χ1v) is 6.94. The second-order valence-electron chi connectivity index (χ2n) is 4.61. The number of rotatable bonds is 6. The monoisotopic (exact) mass is 287 g/mol. The van der Waals surface area contributed by atoms with E-state index in [0.29, 0.717) is 18.7 Å². The number of amides is 1. The first-order valence-electron chi connectivity index (χ1n) is 6.94. The maximum absolute atomic E-state index is 12.8. The molecule has 1 amide bonds. The zero-order valence-corrected chi connectivity index (χ0v) is 11.9. The summed E-state index contributed by atoms with van der Waals surface area (Å²) in [6.07, 6.45) is 0.957. The Morgan fingerprint density at radius 3 is 2.67 bits per heavy atom. The fraction of sp³-hybridized carbons (Fsp3) is 0.235. The van der Waals surface area contributed by atoms with Crippen LogP contribution in [0.4, 0.5) is 4.39 Å². The Balaban J connectivity index is 1.76. The summed E-state index contributed by atoms with van der Waals surface area (Å²) >= 11 is 0. The Hall–Kier alpha value is -2.36. The number of carbonyl (C=O) groups is 1. The summed E-state index contributed by atoms with van der Waals surface area (Å²) in [6, 6.07) is 13.3. The number of nitrogens with one attached hydrogen (secondary N) is 1. The molecule has 2 aromatic carbocycles. The molecule has 0 bridgehead atoms. The quantitative estimate of drug-likeness (QED) is 0.829. The Kier molecular flexibility index (Phi) is 5.32. The van der Waals surface area contributed by atoms with E-state index in [-0.39, 0.29) is 11.7 Å². The number of halogens is 1. The Morgan fingerprint density at radius 1 is 1.19 bits per heavy atom. The van der Waals surface area contributed by atoms with Crippen molar-refractivity contribution in [3.05, 3.63) is 65.5 Å². The molecule has 0 atom stereocenters. The fourth-order valence-electron chi connectivity index (χ4n) is 1.89. The third-order valence-corrected chi connectivity index (χ3v) is 3.07. The van der Waals surface area contributed by atoms with Crippen molar-refractivity contribution >= 4 is 5.91 Å². The lowest BCUT2D eigenvalue weighted by Crippen LogP contribution is -2.28. The van der Waals surface area contributed by atoms with Gasteiger partial charge in [-0.1, -0.05) is 19.1 Å². The standard InChI is InChI=1S/C17H18FNO2/c1-2-13-4-3-5-16(12-13)21-11-10-19-17(20)14-6-8-15(18)9-7-14/h3-9,12H,2,10-11H2,1H3,(H,19,20). The highest BCUT2D eigenvalue weighted by Crippen LogP contribution is 2.13. The number of ether oxygens (including phenoxy) is 1. The third kappa shape index (κ3) is 4.60. The molecular weight excluding hydrogens is 269 g/mol. The maximum atomic E-state index is 12.8. The predicted octanol–water partition coefficient (Wildman–Crippen LogP) is 3.20. The summed E-state index contributed by atoms with van der Waals surface area (Å²) in [5, 5.41) is 2.73. The largest absolute Gasteiger partial charge is 0.492 e. The van der Waals surface area contributed by atoms with E-state index in [1.165, 1.54) is 29.8 Å². The Labute approximate surface area is 123 Å². The molecule has 0 aliphatic carbocycles. The topological polar surface area (TPSA) is 38.3 Å². The van der Waals surface area contributed by atoms with Crippen LogP contribution in [0.2, 0.25) is 0 Å². The van der Waals surface area contributed by atoms with Gasteiger partial charge in [-0.3, -0.25) is 4.79 Å². The highest BCUT2D eigenvalue weighted by Gasteiger charge is 2.04. The summed E-state index contributed by atoms with van der Waals surface area (Å²) in [5.41, 5.74) is 1.65. The van der Waals surface area contributed by atoms with Crippen LogP contribution in [-0.2, 0) is 6.42 Å². The van der Waals surface area contributed by atoms with Gasteiger partial charge in [-0.2, -0.15) is 0 Å². The van der Waals surface area contributed by atoms with E-state index in [0.717, 1.165) is 12.2 Å². The third-order valence-electron chi connectivity index (χ3n) is 3.07. The van der Waals surface area contributed by atoms with E-state index >= 15 is 0 Å². The van der Waals surface area contributed by atoms with Gasteiger partial charge in [0.25, 0.3) is 5.91 Å². The van der Waals surface area contributed by atoms with E-state index in [1.54, 1.807) is 0 Å². The summed E-state index contributed by atoms with van der Waals surface area (Å²) < 4.78 is 18.3. The van der Waals surface area contributed by atoms with Crippen molar-refractivity contribution in [2.45, 2.75) is 13.3 Å². The van der Waals surface area contributed by atoms with Crippen molar-refractivity contribution in [1.82, 2.24) is 5.32 Å². The minimum Gasteiger partial charge on any atom is -0.492 e. The van der Waals surface area contributed by atoms with Crippen molar-refractivity contribution in [2.24, 2.45) is 0 Å². The lowest BCUT2D eigenvalue weighted by Gasteiger charge is -2.08. The first kappa shape index (κ1) is 15.0. The minimum atomic E-state index is -0.356. The molecule has 0 fully saturated rings. The summed E-state index contributed by atoms with van der Waals surface area (Å²) in [7, 11) is 0. The van der Waals surface area contributed by atoms with Gasteiger partial charge in [0.1, 0.15) is 18.2 Å². The van der Waals surface area contributed by atoms with Crippen LogP contribution in [0.15, 0.2) is 48.5 Å². The van der Waals surface area contributed by atoms with Crippen LogP contribution in [0.5, 0.6) is 5.75 Å². The SMILES string of the molecule is CCc1cccc(OCCNC(=O)c2ccc(F)cc2)c1. The molecule has 0 saturated carbocycles. The number of benzene rings is 2. The van der Waals surface area contributed by atoms with Crippen LogP contribution in [0.3, 0.4) is 0 Å². The second-order valence-corrected chi connectivity index (χ2v) is 4.61. The molecule has 0 unspecified atom stereocenters. The molecule has 21 heavy (non-hydrogen) atoms. The van der Waals surface area contributed by atoms with Crippen molar-refractivity contribution < 1.29 is 13.9 Å². The maximum Gasteiger partial charge on any atom is 0.251 e. The van der Waals surface area contributed by atoms with E-state index in [1.807, 2.05) is 24.3 Å². The van der Waals surface area contributed by atoms with Gasteiger partial charge < -0.3 is 10.1 Å². The number of hydrogen-bond acceptors (Lipinski definition) is 2. The van der Waals surface area contributed by atoms with Gasteiger partial charge in [0.05, 0.1) is 6.54 Å². The molecule has 0 radical (unpaired) electrons. The number of aryl methyl sites for hydroxylation is 1. The summed E-state index contributed by atoms with van der Waals surface area (Å²) in [6.45, 7) is 2.87. The Bertz CT molecular complexity index is 596. The normalized spacial score (nSPS) is 10.2. The molecule has 0 saturated heterocycles. The van der Waals surface area contributed by atoms with Gasteiger partial charge in [0, 0.05) is 5.56 Å². The van der Waals surface area contributed by atoms with E-state index in [9.17, 15) is 9.18 Å². The lowest BCUT2D eigenvalue weighted by atomic mass is 10.2. The van der Waals surface area contributed by atoms with Gasteiger partial charge in [0.2, 0.25) is 0 Å². The number of hydrogen-bond donors (Lipinski definition) is 1. The average molecular weight is 287 g/mol. The van der Waals surface area contributed by atoms with Gasteiger partial charge in [-0.05, 0) is 48.4 Å². The van der Waals surface area contributed by atoms with Crippen LogP contribution in [0.25, 0.3) is 0 Å². The molecule has 2 rings (SSSR count). The van der Waals surface area contributed by atoms with Crippen LogP contribution in [-0.4, -0.2) is 19.1 Å². The molecule has 0 aliphatic heterocycles. The van der Waals surface area contributed by atoms with Crippen LogP contribution in [0.1, 0.15) is 22.8 Å². The average Bonchev–Trinajstić information content (AvgIpc) is 2.52. The van der Waals surface area contributed by atoms with Crippen molar-refractivity contribution in [2.75, 3.05) is 13.2 Å². The molecule has 4 heteroatoms. The first-order chi connectivity index (χ1) is 10.2. The molecule has 0 aromatic heterocycles. The predicted molar refractivity (Wildman–Crippen MR) is 80.0 cm³/mol. The van der Waals surface area contributed by atoms with Gasteiger partial charge in [-0.25, -0.2) is 4.39 Å². The van der Waals surface area contributed by atoms with E-state index < -0.39 is 0 Å². The summed E-state index contributed by atoms with van der Waals surface area (Å²) in [5.74, 6) is 0.206. The second kappa shape index (κ2) is 7.43. The van der Waals surface area contributed by atoms with Gasteiger partial charge >= 0.3 is 0 Å². The van der Waals surface area contributed by atoms with Crippen LogP contribution in [0, 0.1) is 5.82 Å². The minimum absolute atomic E-state index is 0.235. The van der Waals surface area contributed by atoms with Crippen molar-refractivity contribution in [3.8, 4) is 5.75 Å². The van der Waals surface area contributed by atoms with Crippen LogP contribution < -0.4 is 10.1 Å². The molecule has 0 heterocycles. The molecule has 110 valence electrons. The highest BCUT2D eigenvalue weighted by atomic mass is 19.1. The molecule has 1 N–H and O–H groups in total. The molecular formula is C17H18FNO2. The van der Waals surface area contributed by atoms with Gasteiger partial charge in [-0.15, -0.1) is 0 Å². The van der Waals surface area contributed by atoms with Crippen LogP contribution >= 0.6 is 0 Å². The summed E-state index contributed by atoms with van der Waals surface area (Å²) in [4.78, 5) is 11.8.